The van der Waals surface area contributed by atoms with Crippen LogP contribution in [0.5, 0.6) is 5.75 Å². The summed E-state index contributed by atoms with van der Waals surface area (Å²) in [6.45, 7) is 3.38. The zero-order chi connectivity index (χ0) is 16.6. The summed E-state index contributed by atoms with van der Waals surface area (Å²) in [7, 11) is 0. The second-order valence-corrected chi connectivity index (χ2v) is 6.63. The average Bonchev–Trinajstić information content (AvgIpc) is 2.49. The number of benzene rings is 2. The van der Waals surface area contributed by atoms with Gasteiger partial charge in [-0.05, 0) is 44.2 Å². The minimum Gasteiger partial charge on any atom is -0.476 e. The van der Waals surface area contributed by atoms with Gasteiger partial charge in [-0.15, -0.1) is 0 Å². The normalized spacial score (nSPS) is 15.2. The lowest BCUT2D eigenvalue weighted by Gasteiger charge is -2.32. The van der Waals surface area contributed by atoms with E-state index in [1.807, 2.05) is 6.07 Å². The van der Waals surface area contributed by atoms with Crippen molar-refractivity contribution in [1.29, 1.82) is 0 Å². The van der Waals surface area contributed by atoms with E-state index >= 15 is 0 Å². The smallest absolute Gasteiger partial charge is 0.268 e. The summed E-state index contributed by atoms with van der Waals surface area (Å²) in [5.74, 6) is 0.00887. The molecule has 2 aromatic carbocycles. The summed E-state index contributed by atoms with van der Waals surface area (Å²) in [4.78, 5) is 24.5. The van der Waals surface area contributed by atoms with Crippen molar-refractivity contribution in [2.75, 3.05) is 10.6 Å². The molecule has 1 heterocycles. The summed E-state index contributed by atoms with van der Waals surface area (Å²) < 4.78 is 6.53. The molecule has 0 unspecified atom stereocenters. The van der Waals surface area contributed by atoms with Crippen molar-refractivity contribution in [3.63, 3.8) is 0 Å². The van der Waals surface area contributed by atoms with E-state index in [0.29, 0.717) is 22.7 Å². The number of para-hydroxylation sites is 1. The van der Waals surface area contributed by atoms with Crippen LogP contribution in [0.2, 0.25) is 0 Å². The highest BCUT2D eigenvalue weighted by Crippen LogP contribution is 2.39. The van der Waals surface area contributed by atoms with Gasteiger partial charge in [0.2, 0.25) is 0 Å². The fraction of sp³-hybridized carbons (Fsp3) is 0.176. The molecule has 5 nitrogen and oxygen atoms in total. The molecule has 0 spiro atoms. The van der Waals surface area contributed by atoms with Crippen LogP contribution in [-0.2, 0) is 4.79 Å². The van der Waals surface area contributed by atoms with Gasteiger partial charge in [-0.3, -0.25) is 9.59 Å². The Bertz CT molecular complexity index is 802. The first kappa shape index (κ1) is 15.6. The number of anilines is 2. The van der Waals surface area contributed by atoms with Crippen molar-refractivity contribution in [2.45, 2.75) is 19.4 Å². The lowest BCUT2D eigenvalue weighted by atomic mass is 10.1. The number of hydrogen-bond acceptors (Lipinski definition) is 3. The largest absolute Gasteiger partial charge is 0.476 e. The molecule has 3 rings (SSSR count). The number of hydrogen-bond donors (Lipinski definition) is 2. The third-order valence-electron chi connectivity index (χ3n) is 3.51. The van der Waals surface area contributed by atoms with Crippen molar-refractivity contribution < 1.29 is 14.3 Å². The van der Waals surface area contributed by atoms with Crippen molar-refractivity contribution in [3.05, 3.63) is 52.5 Å². The maximum atomic E-state index is 12.4. The minimum absolute atomic E-state index is 0.255. The third-order valence-corrected chi connectivity index (χ3v) is 4.00. The molecule has 1 aliphatic heterocycles. The number of amides is 2. The molecule has 0 saturated carbocycles. The number of rotatable bonds is 2. The van der Waals surface area contributed by atoms with E-state index in [1.54, 1.807) is 50.2 Å². The van der Waals surface area contributed by atoms with Crippen molar-refractivity contribution in [2.24, 2.45) is 0 Å². The van der Waals surface area contributed by atoms with Crippen LogP contribution in [0, 0.1) is 0 Å². The van der Waals surface area contributed by atoms with Crippen LogP contribution in [0.15, 0.2) is 46.9 Å². The van der Waals surface area contributed by atoms with Gasteiger partial charge < -0.3 is 15.4 Å². The van der Waals surface area contributed by atoms with E-state index < -0.39 is 5.60 Å². The lowest BCUT2D eigenvalue weighted by Crippen LogP contribution is -2.45. The topological polar surface area (TPSA) is 67.4 Å². The predicted octanol–water partition coefficient (Wildman–Crippen LogP) is 3.81. The average molecular weight is 375 g/mol. The van der Waals surface area contributed by atoms with E-state index in [4.69, 9.17) is 4.74 Å². The Kier molecular flexibility index (Phi) is 3.85. The Hall–Kier alpha value is -2.34. The maximum Gasteiger partial charge on any atom is 0.268 e. The predicted molar refractivity (Wildman–Crippen MR) is 91.9 cm³/mol. The fourth-order valence-corrected chi connectivity index (χ4v) is 2.66. The first-order valence-corrected chi connectivity index (χ1v) is 7.86. The molecule has 0 atom stereocenters. The number of halogens is 1. The zero-order valence-electron chi connectivity index (χ0n) is 12.6. The van der Waals surface area contributed by atoms with Crippen molar-refractivity contribution in [3.8, 4) is 5.75 Å². The van der Waals surface area contributed by atoms with Crippen LogP contribution in [0.1, 0.15) is 24.2 Å². The number of ether oxygens (including phenoxy) is 1. The van der Waals surface area contributed by atoms with Crippen LogP contribution in [0.4, 0.5) is 11.4 Å². The van der Waals surface area contributed by atoms with Crippen LogP contribution in [0.3, 0.4) is 0 Å². The van der Waals surface area contributed by atoms with Gasteiger partial charge >= 0.3 is 0 Å². The van der Waals surface area contributed by atoms with Gasteiger partial charge in [-0.25, -0.2) is 0 Å². The first-order chi connectivity index (χ1) is 10.9. The minimum atomic E-state index is -0.945. The Morgan fingerprint density at radius 2 is 1.96 bits per heavy atom. The fourth-order valence-electron chi connectivity index (χ4n) is 2.26. The quantitative estimate of drug-likeness (QED) is 0.839. The Morgan fingerprint density at radius 3 is 2.70 bits per heavy atom. The second-order valence-electron chi connectivity index (χ2n) is 5.71. The van der Waals surface area contributed by atoms with Gasteiger partial charge in [0.15, 0.2) is 5.60 Å². The molecule has 2 aromatic rings. The number of carbonyl (C=O) groups is 2. The standard InChI is InChI=1S/C17H15BrN2O3/c1-17(2)16(22)20-14-12(7-4-8-13(14)23-17)19-15(21)10-5-3-6-11(18)9-10/h3-9H,1-2H3,(H,19,21)(H,20,22). The molecule has 0 fully saturated rings. The van der Waals surface area contributed by atoms with Gasteiger partial charge in [0.25, 0.3) is 11.8 Å². The van der Waals surface area contributed by atoms with Gasteiger partial charge in [0.05, 0.1) is 5.69 Å². The Balaban J connectivity index is 1.91. The zero-order valence-corrected chi connectivity index (χ0v) is 14.2. The molecule has 0 saturated heterocycles. The van der Waals surface area contributed by atoms with Gasteiger partial charge in [-0.2, -0.15) is 0 Å². The van der Waals surface area contributed by atoms with E-state index in [2.05, 4.69) is 26.6 Å². The molecule has 23 heavy (non-hydrogen) atoms. The van der Waals surface area contributed by atoms with Crippen LogP contribution < -0.4 is 15.4 Å². The molecule has 6 heteroatoms. The van der Waals surface area contributed by atoms with Crippen LogP contribution >= 0.6 is 15.9 Å². The molecule has 0 bridgehead atoms. The van der Waals surface area contributed by atoms with Gasteiger partial charge in [0, 0.05) is 10.0 Å². The molecule has 2 amide bonds. The summed E-state index contributed by atoms with van der Waals surface area (Å²) in [6, 6.07) is 12.3. The maximum absolute atomic E-state index is 12.4. The van der Waals surface area contributed by atoms with Gasteiger partial charge in [-0.1, -0.05) is 28.1 Å². The first-order valence-electron chi connectivity index (χ1n) is 7.07. The van der Waals surface area contributed by atoms with Crippen molar-refractivity contribution >= 4 is 39.1 Å². The third kappa shape index (κ3) is 3.07. The van der Waals surface area contributed by atoms with Gasteiger partial charge in [0.1, 0.15) is 11.4 Å². The molecular weight excluding hydrogens is 360 g/mol. The molecule has 0 aromatic heterocycles. The number of carbonyl (C=O) groups excluding carboxylic acids is 2. The second kappa shape index (κ2) is 5.70. The molecule has 0 radical (unpaired) electrons. The van der Waals surface area contributed by atoms with Crippen LogP contribution in [0.25, 0.3) is 0 Å². The number of fused-ring (bicyclic) bond motifs is 1. The Labute approximate surface area is 142 Å². The molecule has 1 aliphatic rings. The molecule has 2 N–H and O–H groups in total. The Morgan fingerprint density at radius 1 is 1.22 bits per heavy atom. The highest BCUT2D eigenvalue weighted by Gasteiger charge is 2.36. The monoisotopic (exact) mass is 374 g/mol. The highest BCUT2D eigenvalue weighted by molar-refractivity contribution is 9.10. The van der Waals surface area contributed by atoms with E-state index in [1.165, 1.54) is 0 Å². The van der Waals surface area contributed by atoms with E-state index in [9.17, 15) is 9.59 Å². The SMILES string of the molecule is CC1(C)Oc2cccc(NC(=O)c3cccc(Br)c3)c2NC1=O. The highest BCUT2D eigenvalue weighted by atomic mass is 79.9. The summed E-state index contributed by atoms with van der Waals surface area (Å²) in [5, 5.41) is 5.61. The molecular formula is C17H15BrN2O3. The van der Waals surface area contributed by atoms with E-state index in [-0.39, 0.29) is 11.8 Å². The van der Waals surface area contributed by atoms with E-state index in [0.717, 1.165) is 4.47 Å². The van der Waals surface area contributed by atoms with Crippen molar-refractivity contribution in [1.82, 2.24) is 0 Å². The summed E-state index contributed by atoms with van der Waals surface area (Å²) >= 11 is 3.34. The summed E-state index contributed by atoms with van der Waals surface area (Å²) in [6.07, 6.45) is 0. The molecule has 0 aliphatic carbocycles. The molecule has 118 valence electrons. The van der Waals surface area contributed by atoms with Crippen LogP contribution in [-0.4, -0.2) is 17.4 Å². The number of nitrogens with one attached hydrogen (secondary N) is 2. The lowest BCUT2D eigenvalue weighted by molar-refractivity contribution is -0.129. The summed E-state index contributed by atoms with van der Waals surface area (Å²) in [5.41, 5.74) is 0.539.